The predicted octanol–water partition coefficient (Wildman–Crippen LogP) is 2.96. The fourth-order valence-corrected chi connectivity index (χ4v) is 3.19. The summed E-state index contributed by atoms with van der Waals surface area (Å²) in [5.41, 5.74) is 2.16. The number of carbonyl (C=O) groups excluding carboxylic acids is 1. The molecule has 0 spiro atoms. The van der Waals surface area contributed by atoms with Crippen LogP contribution in [0.4, 0.5) is 0 Å². The SMILES string of the molecule is COc1ccc(-c2nc(C(=O)OCCc3cnn(C)c3)cs2)cc1OC. The normalized spacial score (nSPS) is 10.6. The third-order valence-corrected chi connectivity index (χ3v) is 4.62. The van der Waals surface area contributed by atoms with E-state index >= 15 is 0 Å². The number of ether oxygens (including phenoxy) is 3. The van der Waals surface area contributed by atoms with Crippen LogP contribution in [0.2, 0.25) is 0 Å². The first-order valence-corrected chi connectivity index (χ1v) is 8.81. The first-order chi connectivity index (χ1) is 12.6. The van der Waals surface area contributed by atoms with Crippen LogP contribution >= 0.6 is 11.3 Å². The van der Waals surface area contributed by atoms with Crippen LogP contribution in [0.3, 0.4) is 0 Å². The van der Waals surface area contributed by atoms with E-state index in [1.54, 1.807) is 30.5 Å². The number of esters is 1. The Morgan fingerprint density at radius 2 is 2.04 bits per heavy atom. The highest BCUT2D eigenvalue weighted by Crippen LogP contribution is 2.33. The Bertz CT molecular complexity index is 903. The van der Waals surface area contributed by atoms with Gasteiger partial charge in [-0.05, 0) is 23.8 Å². The molecular formula is C18H19N3O4S. The second kappa shape index (κ2) is 8.01. The summed E-state index contributed by atoms with van der Waals surface area (Å²) in [7, 11) is 5.01. The second-order valence-corrected chi connectivity index (χ2v) is 6.37. The van der Waals surface area contributed by atoms with E-state index in [-0.39, 0.29) is 6.61 Å². The van der Waals surface area contributed by atoms with Crippen LogP contribution in [-0.4, -0.2) is 41.6 Å². The molecule has 2 heterocycles. The molecule has 136 valence electrons. The minimum atomic E-state index is -0.433. The minimum Gasteiger partial charge on any atom is -0.493 e. The molecule has 0 saturated carbocycles. The van der Waals surface area contributed by atoms with E-state index in [0.717, 1.165) is 11.1 Å². The maximum atomic E-state index is 12.2. The zero-order chi connectivity index (χ0) is 18.5. The first-order valence-electron chi connectivity index (χ1n) is 7.93. The van der Waals surface area contributed by atoms with Gasteiger partial charge in [0.05, 0.1) is 27.0 Å². The lowest BCUT2D eigenvalue weighted by atomic mass is 10.2. The lowest BCUT2D eigenvalue weighted by molar-refractivity contribution is 0.0503. The fourth-order valence-electron chi connectivity index (χ4n) is 2.41. The van der Waals surface area contributed by atoms with Crippen molar-refractivity contribution in [3.8, 4) is 22.1 Å². The van der Waals surface area contributed by atoms with Crippen molar-refractivity contribution in [3.63, 3.8) is 0 Å². The van der Waals surface area contributed by atoms with E-state index in [4.69, 9.17) is 14.2 Å². The number of hydrogen-bond donors (Lipinski definition) is 0. The van der Waals surface area contributed by atoms with Gasteiger partial charge in [0, 0.05) is 30.6 Å². The number of methoxy groups -OCH3 is 2. The number of hydrogen-bond acceptors (Lipinski definition) is 7. The van der Waals surface area contributed by atoms with Gasteiger partial charge in [0.2, 0.25) is 0 Å². The third-order valence-electron chi connectivity index (χ3n) is 3.73. The van der Waals surface area contributed by atoms with E-state index in [1.807, 2.05) is 31.4 Å². The smallest absolute Gasteiger partial charge is 0.357 e. The topological polar surface area (TPSA) is 75.5 Å². The summed E-state index contributed by atoms with van der Waals surface area (Å²) in [5.74, 6) is 0.820. The van der Waals surface area contributed by atoms with Crippen LogP contribution < -0.4 is 9.47 Å². The van der Waals surface area contributed by atoms with Gasteiger partial charge >= 0.3 is 5.97 Å². The Morgan fingerprint density at radius 3 is 2.73 bits per heavy atom. The Labute approximate surface area is 155 Å². The van der Waals surface area contributed by atoms with Gasteiger partial charge in [0.25, 0.3) is 0 Å². The van der Waals surface area contributed by atoms with Crippen molar-refractivity contribution in [2.45, 2.75) is 6.42 Å². The zero-order valence-electron chi connectivity index (χ0n) is 14.8. The molecule has 0 saturated heterocycles. The van der Waals surface area contributed by atoms with Gasteiger partial charge < -0.3 is 14.2 Å². The number of aromatic nitrogens is 3. The molecule has 26 heavy (non-hydrogen) atoms. The highest BCUT2D eigenvalue weighted by Gasteiger charge is 2.15. The number of rotatable bonds is 7. The molecule has 0 aliphatic rings. The quantitative estimate of drug-likeness (QED) is 0.593. The van der Waals surface area contributed by atoms with Crippen molar-refractivity contribution in [1.82, 2.24) is 14.8 Å². The second-order valence-electron chi connectivity index (χ2n) is 5.52. The standard InChI is InChI=1S/C18H19N3O4S/c1-21-10-12(9-19-21)6-7-25-18(22)14-11-26-17(20-14)13-4-5-15(23-2)16(8-13)24-3/h4-5,8-11H,6-7H2,1-3H3. The van der Waals surface area contributed by atoms with Crippen LogP contribution in [0.25, 0.3) is 10.6 Å². The Hall–Kier alpha value is -2.87. The van der Waals surface area contributed by atoms with E-state index < -0.39 is 5.97 Å². The molecule has 3 rings (SSSR count). The molecule has 0 amide bonds. The van der Waals surface area contributed by atoms with E-state index in [2.05, 4.69) is 10.1 Å². The number of thiazole rings is 1. The molecule has 0 aliphatic heterocycles. The molecule has 8 heteroatoms. The van der Waals surface area contributed by atoms with Crippen molar-refractivity contribution < 1.29 is 19.0 Å². The van der Waals surface area contributed by atoms with Crippen LogP contribution in [0.1, 0.15) is 16.1 Å². The van der Waals surface area contributed by atoms with Crippen molar-refractivity contribution in [1.29, 1.82) is 0 Å². The van der Waals surface area contributed by atoms with Crippen LogP contribution in [0.15, 0.2) is 36.0 Å². The summed E-state index contributed by atoms with van der Waals surface area (Å²) in [5, 5.41) is 6.49. The highest BCUT2D eigenvalue weighted by atomic mass is 32.1. The van der Waals surface area contributed by atoms with Gasteiger partial charge in [-0.2, -0.15) is 5.10 Å². The molecule has 0 unspecified atom stereocenters. The van der Waals surface area contributed by atoms with E-state index in [0.29, 0.717) is 28.6 Å². The molecule has 7 nitrogen and oxygen atoms in total. The Balaban J connectivity index is 1.64. The van der Waals surface area contributed by atoms with Crippen LogP contribution in [-0.2, 0) is 18.2 Å². The molecule has 0 N–H and O–H groups in total. The molecule has 0 radical (unpaired) electrons. The monoisotopic (exact) mass is 373 g/mol. The predicted molar refractivity (Wildman–Crippen MR) is 97.8 cm³/mol. The van der Waals surface area contributed by atoms with E-state index in [1.165, 1.54) is 11.3 Å². The van der Waals surface area contributed by atoms with E-state index in [9.17, 15) is 4.79 Å². The lowest BCUT2D eigenvalue weighted by Crippen LogP contribution is -2.08. The maximum absolute atomic E-state index is 12.2. The van der Waals surface area contributed by atoms with Crippen molar-refractivity contribution in [2.75, 3.05) is 20.8 Å². The number of carbonyl (C=O) groups is 1. The van der Waals surface area contributed by atoms with Gasteiger partial charge in [0.15, 0.2) is 17.2 Å². The Kier molecular flexibility index (Phi) is 5.52. The van der Waals surface area contributed by atoms with Crippen LogP contribution in [0, 0.1) is 0 Å². The highest BCUT2D eigenvalue weighted by molar-refractivity contribution is 7.13. The van der Waals surface area contributed by atoms with Gasteiger partial charge in [-0.3, -0.25) is 4.68 Å². The molecule has 2 aromatic heterocycles. The summed E-state index contributed by atoms with van der Waals surface area (Å²) in [6.45, 7) is 0.285. The average Bonchev–Trinajstić information content (AvgIpc) is 3.30. The summed E-state index contributed by atoms with van der Waals surface area (Å²) < 4.78 is 17.5. The third kappa shape index (κ3) is 4.02. The maximum Gasteiger partial charge on any atom is 0.357 e. The molecule has 0 bridgehead atoms. The summed E-state index contributed by atoms with van der Waals surface area (Å²) in [6.07, 6.45) is 4.27. The number of nitrogens with zero attached hydrogens (tertiary/aromatic N) is 3. The first kappa shape index (κ1) is 17.9. The van der Waals surface area contributed by atoms with Gasteiger partial charge in [0.1, 0.15) is 5.01 Å². The number of benzene rings is 1. The lowest BCUT2D eigenvalue weighted by Gasteiger charge is -2.08. The summed E-state index contributed by atoms with van der Waals surface area (Å²) >= 11 is 1.38. The van der Waals surface area contributed by atoms with Crippen LogP contribution in [0.5, 0.6) is 11.5 Å². The van der Waals surface area contributed by atoms with Crippen molar-refractivity contribution in [3.05, 3.63) is 47.2 Å². The van der Waals surface area contributed by atoms with Gasteiger partial charge in [-0.25, -0.2) is 9.78 Å². The average molecular weight is 373 g/mol. The molecule has 0 aliphatic carbocycles. The molecule has 0 fully saturated rings. The molecular weight excluding hydrogens is 354 g/mol. The summed E-state index contributed by atoms with van der Waals surface area (Å²) in [4.78, 5) is 16.5. The minimum absolute atomic E-state index is 0.285. The Morgan fingerprint density at radius 1 is 1.23 bits per heavy atom. The number of aryl methyl sites for hydroxylation is 1. The van der Waals surface area contributed by atoms with Crippen molar-refractivity contribution >= 4 is 17.3 Å². The van der Waals surface area contributed by atoms with Gasteiger partial charge in [-0.15, -0.1) is 11.3 Å². The summed E-state index contributed by atoms with van der Waals surface area (Å²) in [6, 6.07) is 5.51. The fraction of sp³-hybridized carbons (Fsp3) is 0.278. The van der Waals surface area contributed by atoms with Crippen molar-refractivity contribution in [2.24, 2.45) is 7.05 Å². The zero-order valence-corrected chi connectivity index (χ0v) is 15.6. The molecule has 3 aromatic rings. The largest absolute Gasteiger partial charge is 0.493 e. The van der Waals surface area contributed by atoms with Gasteiger partial charge in [-0.1, -0.05) is 0 Å². The molecule has 1 aromatic carbocycles. The molecule has 0 atom stereocenters.